The molecule has 164 valence electrons. The highest BCUT2D eigenvalue weighted by atomic mass is 32.1. The van der Waals surface area contributed by atoms with Crippen molar-refractivity contribution in [2.45, 2.75) is 51.3 Å². The largest absolute Gasteiger partial charge is 0.453 e. The lowest BCUT2D eigenvalue weighted by atomic mass is 9.85. The summed E-state index contributed by atoms with van der Waals surface area (Å²) in [5, 5.41) is 32.4. The lowest BCUT2D eigenvalue weighted by Gasteiger charge is -2.26. The van der Waals surface area contributed by atoms with Crippen LogP contribution in [0.2, 0.25) is 6.82 Å². The zero-order chi connectivity index (χ0) is 22.2. The Bertz CT molecular complexity index is 967. The van der Waals surface area contributed by atoms with E-state index in [0.29, 0.717) is 4.70 Å². The lowest BCUT2D eigenvalue weighted by Crippen LogP contribution is -2.50. The normalized spacial score (nSPS) is 25.0. The van der Waals surface area contributed by atoms with E-state index in [0.717, 1.165) is 15.9 Å². The fourth-order valence-corrected chi connectivity index (χ4v) is 4.10. The van der Waals surface area contributed by atoms with E-state index in [1.54, 1.807) is 13.8 Å². The Kier molecular flexibility index (Phi) is 6.74. The minimum atomic E-state index is -1.40. The van der Waals surface area contributed by atoms with Gasteiger partial charge < -0.3 is 35.7 Å². The van der Waals surface area contributed by atoms with Gasteiger partial charge in [0.2, 0.25) is 5.95 Å². The number of aliphatic hydroxyl groups excluding tert-OH is 2. The van der Waals surface area contributed by atoms with Crippen molar-refractivity contribution >= 4 is 40.7 Å². The second kappa shape index (κ2) is 8.95. The molecule has 3 rings (SSSR count). The first kappa shape index (κ1) is 22.6. The monoisotopic (exact) mass is 441 g/mol. The van der Waals surface area contributed by atoms with Gasteiger partial charge in [0.05, 0.1) is 17.5 Å². The third-order valence-corrected chi connectivity index (χ3v) is 5.60. The molecule has 0 radical (unpaired) electrons. The maximum atomic E-state index is 12.8. The highest BCUT2D eigenvalue weighted by Gasteiger charge is 2.49. The Morgan fingerprint density at radius 1 is 1.53 bits per heavy atom. The average molecular weight is 441 g/mol. The van der Waals surface area contributed by atoms with E-state index in [4.69, 9.17) is 15.2 Å². The Morgan fingerprint density at radius 3 is 2.83 bits per heavy atom. The molecule has 0 aromatic carbocycles. The predicted molar refractivity (Wildman–Crippen MR) is 109 cm³/mol. The summed E-state index contributed by atoms with van der Waals surface area (Å²) in [5.74, 6) is -1.05. The van der Waals surface area contributed by atoms with Gasteiger partial charge in [-0.1, -0.05) is 25.2 Å². The van der Waals surface area contributed by atoms with Crippen molar-refractivity contribution in [3.05, 3.63) is 15.9 Å². The summed E-state index contributed by atoms with van der Waals surface area (Å²) in [4.78, 5) is 32.8. The number of nitrogens with zero attached hydrogens (tertiary/aromatic N) is 3. The van der Waals surface area contributed by atoms with Crippen LogP contribution in [0.4, 0.5) is 5.95 Å². The molecule has 3 heterocycles. The first-order chi connectivity index (χ1) is 14.1. The minimum Gasteiger partial charge on any atom is -0.453 e. The molecule has 0 spiro atoms. The van der Waals surface area contributed by atoms with Crippen LogP contribution in [0.5, 0.6) is 0 Å². The zero-order valence-corrected chi connectivity index (χ0v) is 17.4. The first-order valence-corrected chi connectivity index (χ1v) is 10.2. The number of nitrogens with two attached hydrogens (primary N) is 1. The smallest absolute Gasteiger partial charge is 0.374 e. The molecule has 0 unspecified atom stereocenters. The quantitative estimate of drug-likeness (QED) is 0.244. The number of hydrogen-bond donors (Lipinski definition) is 5. The van der Waals surface area contributed by atoms with E-state index in [-0.39, 0.29) is 17.5 Å². The zero-order valence-electron chi connectivity index (χ0n) is 16.6. The molecule has 2 aromatic rings. The lowest BCUT2D eigenvalue weighted by molar-refractivity contribution is -0.161. The molecule has 1 aliphatic rings. The molecule has 5 atom stereocenters. The van der Waals surface area contributed by atoms with Gasteiger partial charge in [0.15, 0.2) is 18.0 Å². The Labute approximate surface area is 175 Å². The summed E-state index contributed by atoms with van der Waals surface area (Å²) >= 11 is 0.842. The van der Waals surface area contributed by atoms with Gasteiger partial charge >= 0.3 is 17.9 Å². The molecule has 30 heavy (non-hydrogen) atoms. The van der Waals surface area contributed by atoms with E-state index in [2.05, 4.69) is 15.2 Å². The van der Waals surface area contributed by atoms with Crippen LogP contribution in [0.3, 0.4) is 0 Å². The van der Waals surface area contributed by atoms with Crippen LogP contribution in [0.1, 0.15) is 20.1 Å². The fourth-order valence-electron chi connectivity index (χ4n) is 3.28. The number of esters is 1. The van der Waals surface area contributed by atoms with Crippen molar-refractivity contribution in [2.75, 3.05) is 12.3 Å². The van der Waals surface area contributed by atoms with Crippen LogP contribution < -0.4 is 15.8 Å². The van der Waals surface area contributed by atoms with E-state index in [1.165, 1.54) is 13.0 Å². The standard InChI is InChI=1S/C16H24BN5O7S/c1-6(2)9(21-17(3)27)14(25)29-11-10(24)7(5-23)28-13(11)22-12-8(30-16(22)26)4-19-15(18)20-12/h4,6-7,9-11,13,21,23-24,27H,5H2,1-3H3,(H2,18,19,20)/t7-,9+,10+,11-,13-/m1/s1. The number of fused-ring (bicyclic) bond motifs is 1. The number of carbonyl (C=O) groups excluding carboxylic acids is 1. The molecule has 12 nitrogen and oxygen atoms in total. The van der Waals surface area contributed by atoms with Crippen LogP contribution in [-0.4, -0.2) is 73.8 Å². The summed E-state index contributed by atoms with van der Waals surface area (Å²) in [6.07, 6.45) is -3.65. The van der Waals surface area contributed by atoms with E-state index in [9.17, 15) is 24.8 Å². The molecule has 1 aliphatic heterocycles. The van der Waals surface area contributed by atoms with E-state index < -0.39 is 55.1 Å². The van der Waals surface area contributed by atoms with Gasteiger partial charge in [0, 0.05) is 0 Å². The van der Waals surface area contributed by atoms with Gasteiger partial charge in [-0.25, -0.2) is 4.98 Å². The Balaban J connectivity index is 1.98. The number of rotatable bonds is 7. The summed E-state index contributed by atoms with van der Waals surface area (Å²) in [6.45, 7) is 4.42. The minimum absolute atomic E-state index is 0.0687. The molecule has 6 N–H and O–H groups in total. The second-order valence-electron chi connectivity index (χ2n) is 7.36. The molecule has 2 aromatic heterocycles. The van der Waals surface area contributed by atoms with Crippen LogP contribution in [0.15, 0.2) is 11.0 Å². The van der Waals surface area contributed by atoms with E-state index >= 15 is 0 Å². The number of anilines is 1. The van der Waals surface area contributed by atoms with Crippen molar-refractivity contribution in [1.29, 1.82) is 0 Å². The number of nitrogens with one attached hydrogen (secondary N) is 1. The third kappa shape index (κ3) is 4.33. The molecular weight excluding hydrogens is 417 g/mol. The molecule has 0 saturated carbocycles. The van der Waals surface area contributed by atoms with E-state index in [1.807, 2.05) is 0 Å². The third-order valence-electron chi connectivity index (χ3n) is 4.72. The summed E-state index contributed by atoms with van der Waals surface area (Å²) < 4.78 is 12.7. The Hall–Kier alpha value is -2.10. The number of carbonyl (C=O) groups is 1. The SMILES string of the molecule is CB(O)N[C@H](C(=O)O[C@@H]1[C@@H](O)[C@@H](CO)O[C@H]1n1c(=O)sc2cnc(N)nc21)C(C)C. The number of aliphatic hydroxyl groups is 2. The number of aromatic nitrogens is 3. The molecule has 1 fully saturated rings. The highest BCUT2D eigenvalue weighted by Crippen LogP contribution is 2.34. The van der Waals surface area contributed by atoms with Crippen LogP contribution in [-0.2, 0) is 14.3 Å². The van der Waals surface area contributed by atoms with Gasteiger partial charge in [-0.2, -0.15) is 4.98 Å². The van der Waals surface area contributed by atoms with Gasteiger partial charge in [-0.15, -0.1) is 0 Å². The molecule has 1 saturated heterocycles. The maximum Gasteiger partial charge on any atom is 0.374 e. The molecule has 0 aliphatic carbocycles. The van der Waals surface area contributed by atoms with Crippen molar-refractivity contribution in [3.8, 4) is 0 Å². The van der Waals surface area contributed by atoms with Gasteiger partial charge in [0.25, 0.3) is 0 Å². The van der Waals surface area contributed by atoms with Crippen LogP contribution in [0.25, 0.3) is 10.3 Å². The van der Waals surface area contributed by atoms with Crippen molar-refractivity contribution in [1.82, 2.24) is 19.8 Å². The summed E-state index contributed by atoms with van der Waals surface area (Å²) in [5.41, 5.74) is 5.80. The van der Waals surface area contributed by atoms with Crippen molar-refractivity contribution in [3.63, 3.8) is 0 Å². The van der Waals surface area contributed by atoms with Gasteiger partial charge in [0.1, 0.15) is 18.2 Å². The maximum absolute atomic E-state index is 12.8. The topological polar surface area (TPSA) is 182 Å². The summed E-state index contributed by atoms with van der Waals surface area (Å²) in [6, 6.07) is -0.875. The van der Waals surface area contributed by atoms with Gasteiger partial charge in [-0.3, -0.25) is 14.2 Å². The van der Waals surface area contributed by atoms with Crippen LogP contribution >= 0.6 is 11.3 Å². The number of hydrogen-bond acceptors (Lipinski definition) is 12. The number of thiazole rings is 1. The van der Waals surface area contributed by atoms with Crippen molar-refractivity contribution < 1.29 is 29.5 Å². The summed E-state index contributed by atoms with van der Waals surface area (Å²) in [7, 11) is -0.973. The molecule has 0 amide bonds. The van der Waals surface area contributed by atoms with Crippen molar-refractivity contribution in [2.24, 2.45) is 5.92 Å². The predicted octanol–water partition coefficient (Wildman–Crippen LogP) is -1.68. The average Bonchev–Trinajstić information content (AvgIpc) is 3.15. The fraction of sp³-hybridized carbons (Fsp3) is 0.625. The molecule has 0 bridgehead atoms. The molecule has 14 heteroatoms. The molecular formula is C16H24BN5O7S. The highest BCUT2D eigenvalue weighted by molar-refractivity contribution is 7.16. The Morgan fingerprint density at radius 2 is 2.23 bits per heavy atom. The van der Waals surface area contributed by atoms with Gasteiger partial charge in [-0.05, 0) is 12.7 Å². The number of nitrogen functional groups attached to an aromatic ring is 1. The second-order valence-corrected chi connectivity index (χ2v) is 8.35. The number of ether oxygens (including phenoxy) is 2. The first-order valence-electron chi connectivity index (χ1n) is 9.36. The van der Waals surface area contributed by atoms with Crippen LogP contribution in [0, 0.1) is 5.92 Å².